The zero-order valence-electron chi connectivity index (χ0n) is 29.2. The van der Waals surface area contributed by atoms with E-state index in [1.54, 1.807) is 77.9 Å². The zero-order chi connectivity index (χ0) is 32.6. The summed E-state index contributed by atoms with van der Waals surface area (Å²) in [4.78, 5) is 0. The Hall–Kier alpha value is -3.50. The molecule has 3 nitrogen and oxygen atoms in total. The van der Waals surface area contributed by atoms with Crippen LogP contribution in [0, 0.1) is 11.8 Å². The minimum absolute atomic E-state index is 0.0410. The zero-order valence-corrected chi connectivity index (χ0v) is 29.2. The van der Waals surface area contributed by atoms with Gasteiger partial charge in [-0.3, -0.25) is 0 Å². The second kappa shape index (κ2) is 6.31. The van der Waals surface area contributed by atoms with E-state index in [1.807, 2.05) is 22.3 Å². The standard InChI is InChI=1S/C44H30O.2CH5N/c1-39-25-15-5-6-16-18-8-10-20-22-12-14-24-23-13-11-21-19-9-7-17(15)27(39)29(19)41(3)31(21)33(23)43-34(24)32(22)42(4)30(20)28(18)40(2,26(16)25)36-35(39)37(41)44(43,45-43)38(36)42;2*1-2/h5-10,21-24H,11-14H2,1-4H3;2*2H2,1H3/t21?,22?,23?,24?,39-,40+,41-,42+,43?,44?;;. The number of ether oxygens (including phenoxy) is 1. The van der Waals surface area contributed by atoms with E-state index in [2.05, 4.69) is 75.6 Å². The molecule has 6 unspecified atom stereocenters. The molecule has 1 heterocycles. The molecule has 240 valence electrons. The molecule has 3 aromatic rings. The van der Waals surface area contributed by atoms with Crippen LogP contribution < -0.4 is 11.5 Å². The first-order valence-electron chi connectivity index (χ1n) is 19.2. The van der Waals surface area contributed by atoms with Crippen LogP contribution in [0.4, 0.5) is 0 Å². The Balaban J connectivity index is 0.000000602. The fourth-order valence-electron chi connectivity index (χ4n) is 17.8. The quantitative estimate of drug-likeness (QED) is 0.196. The maximum Gasteiger partial charge on any atom is 0.152 e. The largest absolute Gasteiger partial charge is 0.343 e. The van der Waals surface area contributed by atoms with Crippen molar-refractivity contribution in [1.29, 1.82) is 0 Å². The number of benzene rings is 3. The number of epoxide rings is 1. The molecule has 0 bridgehead atoms. The Morgan fingerprint density at radius 3 is 1.29 bits per heavy atom. The Morgan fingerprint density at radius 2 is 0.857 bits per heavy atom. The van der Waals surface area contributed by atoms with Gasteiger partial charge in [0.25, 0.3) is 0 Å². The van der Waals surface area contributed by atoms with Crippen molar-refractivity contribution in [3.63, 3.8) is 0 Å². The summed E-state index contributed by atoms with van der Waals surface area (Å²) in [5.74, 6) is 2.50. The summed E-state index contributed by atoms with van der Waals surface area (Å²) in [7, 11) is 3.00. The highest BCUT2D eigenvalue weighted by Crippen LogP contribution is 2.94. The first-order valence-corrected chi connectivity index (χ1v) is 19.2. The van der Waals surface area contributed by atoms with Crippen LogP contribution in [0.2, 0.25) is 0 Å². The first kappa shape index (κ1) is 25.5. The second-order valence-electron chi connectivity index (χ2n) is 18.4. The third-order valence-corrected chi connectivity index (χ3v) is 18.1. The molecular formula is C46H40N2O. The van der Waals surface area contributed by atoms with Crippen LogP contribution in [-0.4, -0.2) is 25.3 Å². The Kier molecular flexibility index (Phi) is 3.28. The van der Waals surface area contributed by atoms with E-state index in [0.717, 1.165) is 0 Å². The molecule has 3 aromatic carbocycles. The van der Waals surface area contributed by atoms with Crippen molar-refractivity contribution in [2.75, 3.05) is 14.1 Å². The molecule has 1 saturated carbocycles. The molecule has 0 aromatic heterocycles. The van der Waals surface area contributed by atoms with Gasteiger partial charge in [-0.25, -0.2) is 0 Å². The molecule has 1 aliphatic heterocycles. The van der Waals surface area contributed by atoms with Crippen LogP contribution in [0.15, 0.2) is 81.0 Å². The molecule has 1 saturated heterocycles. The number of nitrogens with two attached hydrogens (primary N) is 2. The van der Waals surface area contributed by atoms with E-state index in [1.165, 1.54) is 50.9 Å². The van der Waals surface area contributed by atoms with Crippen molar-refractivity contribution >= 4 is 0 Å². The number of allylic oxidation sites excluding steroid dienone is 4. The molecule has 0 amide bonds. The minimum atomic E-state index is -0.264. The van der Waals surface area contributed by atoms with Gasteiger partial charge in [-0.2, -0.15) is 0 Å². The SMILES string of the molecule is CN.CN.C[C@]12C3=C4C5CCC3c3ccc6c(c31)[C@]1(C)C3=C2C27OC42C2=C4C(CCC25)c2ccc5c8c2[C@]4(C)C7=C3[C@@]8(C)c2c-5ccc-6c21. The summed E-state index contributed by atoms with van der Waals surface area (Å²) >= 11 is 0. The van der Waals surface area contributed by atoms with E-state index < -0.39 is 0 Å². The van der Waals surface area contributed by atoms with E-state index >= 15 is 0 Å². The predicted octanol–water partition coefficient (Wildman–Crippen LogP) is 7.73. The van der Waals surface area contributed by atoms with Gasteiger partial charge in [0.1, 0.15) is 5.60 Å². The van der Waals surface area contributed by atoms with Crippen LogP contribution in [-0.2, 0) is 26.4 Å². The Labute approximate surface area is 287 Å². The molecule has 14 aliphatic rings. The highest BCUT2D eigenvalue weighted by molar-refractivity contribution is 6.06. The van der Waals surface area contributed by atoms with Gasteiger partial charge in [0.2, 0.25) is 0 Å². The van der Waals surface area contributed by atoms with Crippen molar-refractivity contribution in [1.82, 2.24) is 0 Å². The lowest BCUT2D eigenvalue weighted by molar-refractivity contribution is 0.318. The minimum Gasteiger partial charge on any atom is -0.343 e. The lowest BCUT2D eigenvalue weighted by Crippen LogP contribution is -2.53. The topological polar surface area (TPSA) is 64.6 Å². The van der Waals surface area contributed by atoms with E-state index in [0.29, 0.717) is 23.7 Å². The van der Waals surface area contributed by atoms with Crippen molar-refractivity contribution in [3.05, 3.63) is 125 Å². The summed E-state index contributed by atoms with van der Waals surface area (Å²) < 4.78 is 8.03. The summed E-state index contributed by atoms with van der Waals surface area (Å²) in [6.07, 6.45) is 5.36. The predicted molar refractivity (Wildman–Crippen MR) is 191 cm³/mol. The molecule has 10 atom stereocenters. The highest BCUT2D eigenvalue weighted by atomic mass is 16.6. The van der Waals surface area contributed by atoms with Gasteiger partial charge in [-0.15, -0.1) is 0 Å². The molecule has 17 rings (SSSR count). The highest BCUT2D eigenvalue weighted by Gasteiger charge is 2.94. The Morgan fingerprint density at radius 1 is 0.469 bits per heavy atom. The lowest BCUT2D eigenvalue weighted by atomic mass is 9.48. The molecule has 0 radical (unpaired) electrons. The van der Waals surface area contributed by atoms with Crippen LogP contribution in [0.1, 0.15) is 110 Å². The van der Waals surface area contributed by atoms with Crippen molar-refractivity contribution < 1.29 is 4.74 Å². The van der Waals surface area contributed by atoms with Crippen LogP contribution >= 0.6 is 0 Å². The van der Waals surface area contributed by atoms with E-state index in [4.69, 9.17) is 4.74 Å². The maximum atomic E-state index is 8.03. The smallest absolute Gasteiger partial charge is 0.152 e. The first-order chi connectivity index (χ1) is 23.8. The normalized spacial score (nSPS) is 46.5. The average Bonchev–Trinajstić information content (AvgIpc) is 3.46. The molecule has 2 spiro atoms. The van der Waals surface area contributed by atoms with Crippen LogP contribution in [0.3, 0.4) is 0 Å². The summed E-state index contributed by atoms with van der Waals surface area (Å²) in [6.45, 7) is 10.8. The number of fused-ring (bicyclic) bond motifs is 5. The average molecular weight is 637 g/mol. The van der Waals surface area contributed by atoms with E-state index in [9.17, 15) is 0 Å². The molecular weight excluding hydrogens is 597 g/mol. The number of rotatable bonds is 0. The third kappa shape index (κ3) is 1.62. The fourth-order valence-corrected chi connectivity index (χ4v) is 17.8. The molecule has 13 aliphatic carbocycles. The number of hydrogen-bond acceptors (Lipinski definition) is 3. The lowest BCUT2D eigenvalue weighted by Gasteiger charge is -2.53. The van der Waals surface area contributed by atoms with Gasteiger partial charge in [0.05, 0.1) is 0 Å². The van der Waals surface area contributed by atoms with Gasteiger partial charge in [0.15, 0.2) is 5.60 Å². The monoisotopic (exact) mass is 636 g/mol. The molecule has 4 N–H and O–H groups in total. The van der Waals surface area contributed by atoms with E-state index in [-0.39, 0.29) is 32.9 Å². The van der Waals surface area contributed by atoms with Gasteiger partial charge in [0, 0.05) is 33.5 Å². The van der Waals surface area contributed by atoms with Gasteiger partial charge in [-0.1, -0.05) is 36.4 Å². The van der Waals surface area contributed by atoms with Gasteiger partial charge in [-0.05, 0) is 191 Å². The molecule has 2 fully saturated rings. The summed E-state index contributed by atoms with van der Waals surface area (Å²) in [6, 6.07) is 15.5. The van der Waals surface area contributed by atoms with Crippen molar-refractivity contribution in [3.8, 4) is 22.3 Å². The Bertz CT molecular complexity index is 2460. The number of hydrogen-bond donors (Lipinski definition) is 2. The van der Waals surface area contributed by atoms with Crippen LogP contribution in [0.5, 0.6) is 0 Å². The fraction of sp³-hybridized carbons (Fsp3) is 0.435. The maximum absolute atomic E-state index is 8.03. The van der Waals surface area contributed by atoms with Crippen molar-refractivity contribution in [2.24, 2.45) is 23.3 Å². The second-order valence-corrected chi connectivity index (χ2v) is 18.4. The van der Waals surface area contributed by atoms with Gasteiger partial charge < -0.3 is 16.2 Å². The van der Waals surface area contributed by atoms with Gasteiger partial charge >= 0.3 is 0 Å². The van der Waals surface area contributed by atoms with Crippen LogP contribution in [0.25, 0.3) is 22.3 Å². The molecule has 3 heteroatoms. The van der Waals surface area contributed by atoms with Crippen molar-refractivity contribution in [2.45, 2.75) is 98.1 Å². The summed E-state index contributed by atoms with van der Waals surface area (Å²) in [5.41, 5.74) is 42.4. The third-order valence-electron chi connectivity index (χ3n) is 18.1. The summed E-state index contributed by atoms with van der Waals surface area (Å²) in [5, 5.41) is 0. The molecule has 49 heavy (non-hydrogen) atoms.